The van der Waals surface area contributed by atoms with Crippen LogP contribution in [0.25, 0.3) is 0 Å². The second-order valence-electron chi connectivity index (χ2n) is 7.63. The lowest BCUT2D eigenvalue weighted by Crippen LogP contribution is -2.45. The molecule has 0 saturated heterocycles. The first-order valence-corrected chi connectivity index (χ1v) is 11.1. The molecule has 0 radical (unpaired) electrons. The molecule has 13 heteroatoms. The van der Waals surface area contributed by atoms with Crippen LogP contribution < -0.4 is 25.5 Å². The molecule has 0 bridgehead atoms. The lowest BCUT2D eigenvalue weighted by molar-refractivity contribution is -0.384. The van der Waals surface area contributed by atoms with E-state index in [-0.39, 0.29) is 29.4 Å². The summed E-state index contributed by atoms with van der Waals surface area (Å²) in [6.07, 6.45) is 1.27. The molecule has 13 nitrogen and oxygen atoms in total. The number of amides is 3. The Kier molecular flexibility index (Phi) is 8.76. The van der Waals surface area contributed by atoms with Gasteiger partial charge in [-0.15, -0.1) is 0 Å². The number of rotatable bonds is 10. The number of hydrogen-bond acceptors (Lipinski definition) is 9. The number of hydrazone groups is 1. The van der Waals surface area contributed by atoms with Crippen molar-refractivity contribution in [2.75, 3.05) is 20.3 Å². The van der Waals surface area contributed by atoms with Gasteiger partial charge in [0.05, 0.1) is 36.5 Å². The van der Waals surface area contributed by atoms with E-state index in [1.165, 1.54) is 31.5 Å². The van der Waals surface area contributed by atoms with Crippen LogP contribution >= 0.6 is 0 Å². The lowest BCUT2D eigenvalue weighted by Gasteiger charge is -2.28. The Labute approximate surface area is 211 Å². The molecule has 1 aliphatic rings. The molecule has 0 spiro atoms. The molecule has 1 atom stereocenters. The number of benzene rings is 2. The molecular weight excluding hydrogens is 486 g/mol. The zero-order valence-corrected chi connectivity index (χ0v) is 20.3. The number of nitro benzene ring substituents is 1. The molecule has 3 N–H and O–H groups in total. The monoisotopic (exact) mass is 511 g/mol. The van der Waals surface area contributed by atoms with Crippen LogP contribution in [0, 0.1) is 10.1 Å². The quantitative estimate of drug-likeness (QED) is 0.189. The highest BCUT2D eigenvalue weighted by Crippen LogP contribution is 2.34. The van der Waals surface area contributed by atoms with E-state index in [1.807, 2.05) is 0 Å². The largest absolute Gasteiger partial charge is 0.493 e. The number of nitrogens with one attached hydrogen (secondary N) is 3. The SMILES string of the molecule is CCOC(=O)C1=C(C)NC(=O)N[C@H]1c1ccc(OCC(=O)N/N=C\c2cccc([N+](=O)[O-])c2)c(OC)c1. The smallest absolute Gasteiger partial charge is 0.338 e. The molecule has 0 saturated carbocycles. The maximum Gasteiger partial charge on any atom is 0.338 e. The molecule has 2 aromatic rings. The van der Waals surface area contributed by atoms with Crippen molar-refractivity contribution in [3.8, 4) is 11.5 Å². The number of urea groups is 1. The van der Waals surface area contributed by atoms with Gasteiger partial charge in [-0.2, -0.15) is 5.10 Å². The van der Waals surface area contributed by atoms with Crippen LogP contribution in [0.15, 0.2) is 58.8 Å². The topological polar surface area (TPSA) is 170 Å². The number of carbonyl (C=O) groups is 3. The lowest BCUT2D eigenvalue weighted by atomic mass is 9.95. The van der Waals surface area contributed by atoms with E-state index in [2.05, 4.69) is 21.2 Å². The van der Waals surface area contributed by atoms with Crippen molar-refractivity contribution >= 4 is 29.8 Å². The van der Waals surface area contributed by atoms with Crippen LogP contribution in [0.4, 0.5) is 10.5 Å². The van der Waals surface area contributed by atoms with Gasteiger partial charge < -0.3 is 24.8 Å². The molecule has 0 aliphatic carbocycles. The Morgan fingerprint density at radius 1 is 1.22 bits per heavy atom. The number of nitro groups is 1. The van der Waals surface area contributed by atoms with Crippen molar-refractivity contribution in [1.29, 1.82) is 0 Å². The maximum atomic E-state index is 12.5. The number of carbonyl (C=O) groups excluding carboxylic acids is 3. The Morgan fingerprint density at radius 3 is 2.70 bits per heavy atom. The second-order valence-corrected chi connectivity index (χ2v) is 7.63. The maximum absolute atomic E-state index is 12.5. The third-order valence-corrected chi connectivity index (χ3v) is 5.13. The molecule has 3 amide bonds. The highest BCUT2D eigenvalue weighted by atomic mass is 16.6. The highest BCUT2D eigenvalue weighted by molar-refractivity contribution is 5.95. The predicted molar refractivity (Wildman–Crippen MR) is 131 cm³/mol. The number of non-ortho nitro benzene ring substituents is 1. The average Bonchev–Trinajstić information content (AvgIpc) is 2.87. The van der Waals surface area contributed by atoms with E-state index >= 15 is 0 Å². The van der Waals surface area contributed by atoms with Crippen molar-refractivity contribution in [2.45, 2.75) is 19.9 Å². The Bertz CT molecular complexity index is 1270. The Hall–Kier alpha value is -4.94. The minimum Gasteiger partial charge on any atom is -0.493 e. The molecule has 37 heavy (non-hydrogen) atoms. The number of ether oxygens (including phenoxy) is 3. The summed E-state index contributed by atoms with van der Waals surface area (Å²) in [7, 11) is 1.41. The summed E-state index contributed by atoms with van der Waals surface area (Å²) < 4.78 is 16.0. The third-order valence-electron chi connectivity index (χ3n) is 5.13. The molecule has 2 aromatic carbocycles. The predicted octanol–water partition coefficient (Wildman–Crippen LogP) is 2.32. The molecule has 0 unspecified atom stereocenters. The average molecular weight is 511 g/mol. The molecule has 0 fully saturated rings. The van der Waals surface area contributed by atoms with Gasteiger partial charge in [0.2, 0.25) is 0 Å². The molecule has 0 aromatic heterocycles. The highest BCUT2D eigenvalue weighted by Gasteiger charge is 2.32. The van der Waals surface area contributed by atoms with Gasteiger partial charge in [0.15, 0.2) is 18.1 Å². The zero-order chi connectivity index (χ0) is 26.9. The summed E-state index contributed by atoms with van der Waals surface area (Å²) in [6, 6.07) is 9.24. The minimum absolute atomic E-state index is 0.0989. The normalized spacial score (nSPS) is 15.0. The van der Waals surface area contributed by atoms with E-state index in [0.717, 1.165) is 0 Å². The molecule has 1 aliphatic heterocycles. The summed E-state index contributed by atoms with van der Waals surface area (Å²) in [5.74, 6) is -0.650. The van der Waals surface area contributed by atoms with E-state index in [1.54, 1.807) is 38.1 Å². The fraction of sp³-hybridized carbons (Fsp3) is 0.250. The number of nitrogens with zero attached hydrogens (tertiary/aromatic N) is 2. The summed E-state index contributed by atoms with van der Waals surface area (Å²) in [6.45, 7) is 3.05. The van der Waals surface area contributed by atoms with Crippen LogP contribution in [0.1, 0.15) is 31.0 Å². The number of esters is 1. The van der Waals surface area contributed by atoms with Gasteiger partial charge in [-0.1, -0.05) is 18.2 Å². The van der Waals surface area contributed by atoms with E-state index in [9.17, 15) is 24.5 Å². The van der Waals surface area contributed by atoms with Crippen molar-refractivity contribution in [3.63, 3.8) is 0 Å². The summed E-state index contributed by atoms with van der Waals surface area (Å²) in [5, 5.41) is 19.9. The first kappa shape index (κ1) is 26.7. The van der Waals surface area contributed by atoms with Gasteiger partial charge in [0.1, 0.15) is 0 Å². The number of hydrogen-bond donors (Lipinski definition) is 3. The minimum atomic E-state index is -0.790. The van der Waals surface area contributed by atoms with E-state index in [4.69, 9.17) is 14.2 Å². The van der Waals surface area contributed by atoms with Gasteiger partial charge in [-0.05, 0) is 31.5 Å². The van der Waals surface area contributed by atoms with Crippen LogP contribution in [-0.2, 0) is 14.3 Å². The van der Waals surface area contributed by atoms with Gasteiger partial charge in [0, 0.05) is 23.4 Å². The summed E-state index contributed by atoms with van der Waals surface area (Å²) in [4.78, 5) is 47.0. The molecule has 1 heterocycles. The van der Waals surface area contributed by atoms with Crippen molar-refractivity contribution in [3.05, 3.63) is 75.0 Å². The first-order chi connectivity index (χ1) is 17.7. The standard InChI is InChI=1S/C24H25N5O8/c1-4-36-23(31)21-14(2)26-24(32)27-22(21)16-8-9-18(19(11-16)35-3)37-13-20(30)28-25-12-15-6-5-7-17(10-15)29(33)34/h5-12,22H,4,13H2,1-3H3,(H,28,30)(H2,26,27,32)/b25-12-/t22-/m0/s1. The van der Waals surface area contributed by atoms with Crippen LogP contribution in [-0.4, -0.2) is 49.4 Å². The van der Waals surface area contributed by atoms with E-state index < -0.39 is 35.5 Å². The van der Waals surface area contributed by atoms with Gasteiger partial charge in [-0.25, -0.2) is 15.0 Å². The van der Waals surface area contributed by atoms with Crippen molar-refractivity contribution in [1.82, 2.24) is 16.1 Å². The van der Waals surface area contributed by atoms with Crippen LogP contribution in [0.3, 0.4) is 0 Å². The van der Waals surface area contributed by atoms with Gasteiger partial charge in [0.25, 0.3) is 11.6 Å². The van der Waals surface area contributed by atoms with Gasteiger partial charge >= 0.3 is 12.0 Å². The first-order valence-electron chi connectivity index (χ1n) is 11.1. The fourth-order valence-corrected chi connectivity index (χ4v) is 3.48. The molecular formula is C24H25N5O8. The zero-order valence-electron chi connectivity index (χ0n) is 20.3. The Balaban J connectivity index is 1.68. The number of allylic oxidation sites excluding steroid dienone is 1. The van der Waals surface area contributed by atoms with Crippen LogP contribution in [0.5, 0.6) is 11.5 Å². The van der Waals surface area contributed by atoms with Gasteiger partial charge in [-0.3, -0.25) is 14.9 Å². The second kappa shape index (κ2) is 12.2. The van der Waals surface area contributed by atoms with E-state index in [0.29, 0.717) is 16.8 Å². The van der Waals surface area contributed by atoms with Crippen molar-refractivity contribution in [2.24, 2.45) is 5.10 Å². The fourth-order valence-electron chi connectivity index (χ4n) is 3.48. The number of methoxy groups -OCH3 is 1. The molecule has 3 rings (SSSR count). The third kappa shape index (κ3) is 6.81. The summed E-state index contributed by atoms with van der Waals surface area (Å²) in [5.41, 5.74) is 3.76. The van der Waals surface area contributed by atoms with Crippen LogP contribution in [0.2, 0.25) is 0 Å². The molecule has 194 valence electrons. The van der Waals surface area contributed by atoms with Crippen molar-refractivity contribution < 1.29 is 33.5 Å². The Morgan fingerprint density at radius 2 is 2.00 bits per heavy atom. The summed E-state index contributed by atoms with van der Waals surface area (Å²) >= 11 is 0.